The van der Waals surface area contributed by atoms with E-state index in [2.05, 4.69) is 22.6 Å². The van der Waals surface area contributed by atoms with Crippen molar-refractivity contribution in [2.24, 2.45) is 0 Å². The van der Waals surface area contributed by atoms with Crippen LogP contribution in [0.5, 0.6) is 0 Å². The number of aromatic nitrogens is 3. The summed E-state index contributed by atoms with van der Waals surface area (Å²) < 4.78 is 15.8. The third-order valence-electron chi connectivity index (χ3n) is 2.96. The Hall–Kier alpha value is -1.46. The van der Waals surface area contributed by atoms with Crippen LogP contribution in [0.2, 0.25) is 5.02 Å². The summed E-state index contributed by atoms with van der Waals surface area (Å²) in [6, 6.07) is 4.31. The van der Waals surface area contributed by atoms with Crippen molar-refractivity contribution in [1.82, 2.24) is 20.3 Å². The largest absolute Gasteiger partial charge is 0.308 e. The van der Waals surface area contributed by atoms with Crippen LogP contribution in [0.15, 0.2) is 24.4 Å². The zero-order chi connectivity index (χ0) is 13.8. The van der Waals surface area contributed by atoms with E-state index in [4.69, 9.17) is 11.6 Å². The van der Waals surface area contributed by atoms with E-state index >= 15 is 0 Å². The third-order valence-corrected chi connectivity index (χ3v) is 3.29. The number of hydrogen-bond acceptors (Lipinski definition) is 3. The van der Waals surface area contributed by atoms with Crippen molar-refractivity contribution in [2.45, 2.75) is 25.9 Å². The van der Waals surface area contributed by atoms with E-state index < -0.39 is 0 Å². The lowest BCUT2D eigenvalue weighted by Crippen LogP contribution is -2.23. The maximum Gasteiger partial charge on any atom is 0.129 e. The monoisotopic (exact) mass is 282 g/mol. The number of halogens is 2. The quantitative estimate of drug-likeness (QED) is 0.917. The molecule has 0 aliphatic rings. The van der Waals surface area contributed by atoms with Gasteiger partial charge in [0.2, 0.25) is 0 Å². The summed E-state index contributed by atoms with van der Waals surface area (Å²) in [4.78, 5) is 0. The zero-order valence-corrected chi connectivity index (χ0v) is 11.7. The summed E-state index contributed by atoms with van der Waals surface area (Å²) in [5, 5.41) is 11.4. The molecule has 0 fully saturated rings. The molecule has 0 saturated heterocycles. The smallest absolute Gasteiger partial charge is 0.129 e. The highest BCUT2D eigenvalue weighted by molar-refractivity contribution is 6.31. The van der Waals surface area contributed by atoms with E-state index in [-0.39, 0.29) is 11.9 Å². The highest BCUT2D eigenvalue weighted by Crippen LogP contribution is 2.30. The van der Waals surface area contributed by atoms with Crippen LogP contribution < -0.4 is 5.32 Å². The molecular weight excluding hydrogens is 267 g/mol. The first-order valence-electron chi connectivity index (χ1n) is 6.18. The molecule has 2 aromatic rings. The highest BCUT2D eigenvalue weighted by atomic mass is 35.5. The minimum absolute atomic E-state index is 0.337. The van der Waals surface area contributed by atoms with Crippen LogP contribution in [-0.4, -0.2) is 22.0 Å². The normalized spacial score (nSPS) is 12.6. The molecule has 0 amide bonds. The number of nitrogens with one attached hydrogen (secondary N) is 1. The van der Waals surface area contributed by atoms with Gasteiger partial charge in [-0.2, -0.15) is 0 Å². The molecule has 0 radical (unpaired) electrons. The molecular formula is C13H16ClFN4. The van der Waals surface area contributed by atoms with Gasteiger partial charge in [0.25, 0.3) is 0 Å². The fraction of sp³-hybridized carbons (Fsp3) is 0.385. The molecule has 102 valence electrons. The van der Waals surface area contributed by atoms with Crippen LogP contribution in [0.4, 0.5) is 4.39 Å². The highest BCUT2D eigenvalue weighted by Gasteiger charge is 2.22. The summed E-state index contributed by atoms with van der Waals surface area (Å²) in [6.45, 7) is 2.79. The molecule has 1 aromatic heterocycles. The summed E-state index contributed by atoms with van der Waals surface area (Å²) in [6.07, 6.45) is 2.57. The van der Waals surface area contributed by atoms with Crippen LogP contribution >= 0.6 is 11.6 Å². The topological polar surface area (TPSA) is 42.7 Å². The maximum absolute atomic E-state index is 14.0. The zero-order valence-electron chi connectivity index (χ0n) is 10.9. The molecule has 1 atom stereocenters. The SMILES string of the molecule is CCCn1nncc1C(NC)c1c(F)cccc1Cl. The van der Waals surface area contributed by atoms with Gasteiger partial charge in [-0.05, 0) is 25.6 Å². The fourth-order valence-electron chi connectivity index (χ4n) is 2.10. The van der Waals surface area contributed by atoms with Crippen molar-refractivity contribution >= 4 is 11.6 Å². The average Bonchev–Trinajstić information content (AvgIpc) is 2.83. The fourth-order valence-corrected chi connectivity index (χ4v) is 2.37. The van der Waals surface area contributed by atoms with Crippen molar-refractivity contribution in [2.75, 3.05) is 7.05 Å². The molecule has 0 aliphatic heterocycles. The van der Waals surface area contributed by atoms with Crippen LogP contribution in [0.3, 0.4) is 0 Å². The summed E-state index contributed by atoms with van der Waals surface area (Å²) in [5.41, 5.74) is 1.22. The second kappa shape index (κ2) is 6.12. The summed E-state index contributed by atoms with van der Waals surface area (Å²) in [7, 11) is 1.76. The molecule has 4 nitrogen and oxygen atoms in total. The lowest BCUT2D eigenvalue weighted by Gasteiger charge is -2.19. The van der Waals surface area contributed by atoms with Crippen LogP contribution in [0, 0.1) is 5.82 Å². The number of benzene rings is 1. The van der Waals surface area contributed by atoms with Crippen molar-refractivity contribution < 1.29 is 4.39 Å². The van der Waals surface area contributed by atoms with E-state index in [0.717, 1.165) is 18.7 Å². The summed E-state index contributed by atoms with van der Waals surface area (Å²) in [5.74, 6) is -0.337. The lowest BCUT2D eigenvalue weighted by atomic mass is 10.0. The van der Waals surface area contributed by atoms with Gasteiger partial charge in [0.1, 0.15) is 5.82 Å². The van der Waals surface area contributed by atoms with Crippen LogP contribution in [0.25, 0.3) is 0 Å². The van der Waals surface area contributed by atoms with Gasteiger partial charge < -0.3 is 5.32 Å². The van der Waals surface area contributed by atoms with Crippen molar-refractivity contribution in [3.05, 3.63) is 46.5 Å². The van der Waals surface area contributed by atoms with E-state index in [1.165, 1.54) is 6.07 Å². The molecule has 0 bridgehead atoms. The number of hydrogen-bond donors (Lipinski definition) is 1. The molecule has 0 spiro atoms. The first-order chi connectivity index (χ1) is 9.19. The summed E-state index contributed by atoms with van der Waals surface area (Å²) >= 11 is 6.12. The Morgan fingerprint density at radius 1 is 1.47 bits per heavy atom. The van der Waals surface area contributed by atoms with Crippen molar-refractivity contribution in [3.63, 3.8) is 0 Å². The Morgan fingerprint density at radius 3 is 2.89 bits per heavy atom. The van der Waals surface area contributed by atoms with Gasteiger partial charge in [0, 0.05) is 17.1 Å². The minimum atomic E-state index is -0.366. The molecule has 1 unspecified atom stereocenters. The third kappa shape index (κ3) is 2.77. The number of rotatable bonds is 5. The van der Waals surface area contributed by atoms with Gasteiger partial charge in [0.15, 0.2) is 0 Å². The molecule has 19 heavy (non-hydrogen) atoms. The Labute approximate surface area is 116 Å². The van der Waals surface area contributed by atoms with Crippen LogP contribution in [-0.2, 0) is 6.54 Å². The van der Waals surface area contributed by atoms with Gasteiger partial charge in [-0.25, -0.2) is 9.07 Å². The lowest BCUT2D eigenvalue weighted by molar-refractivity contribution is 0.509. The van der Waals surface area contributed by atoms with E-state index in [0.29, 0.717) is 10.6 Å². The number of aryl methyl sites for hydroxylation is 1. The van der Waals surface area contributed by atoms with Crippen molar-refractivity contribution in [1.29, 1.82) is 0 Å². The van der Waals surface area contributed by atoms with Gasteiger partial charge in [-0.3, -0.25) is 0 Å². The molecule has 2 rings (SSSR count). The standard InChI is InChI=1S/C13H16ClFN4/c1-3-7-19-11(8-17-18-19)13(16-2)12-9(14)5-4-6-10(12)15/h4-6,8,13,16H,3,7H2,1-2H3. The van der Waals surface area contributed by atoms with Gasteiger partial charge in [-0.15, -0.1) is 5.10 Å². The Balaban J connectivity index is 2.47. The molecule has 1 N–H and O–H groups in total. The molecule has 6 heteroatoms. The van der Waals surface area contributed by atoms with E-state index in [9.17, 15) is 4.39 Å². The Kier molecular flexibility index (Phi) is 4.50. The first kappa shape index (κ1) is 14.0. The van der Waals surface area contributed by atoms with Crippen LogP contribution in [0.1, 0.15) is 30.6 Å². The van der Waals surface area contributed by atoms with Gasteiger partial charge in [-0.1, -0.05) is 29.8 Å². The first-order valence-corrected chi connectivity index (χ1v) is 6.56. The van der Waals surface area contributed by atoms with Crippen molar-refractivity contribution in [3.8, 4) is 0 Å². The van der Waals surface area contributed by atoms with Gasteiger partial charge >= 0.3 is 0 Å². The molecule has 0 aliphatic carbocycles. The Morgan fingerprint density at radius 2 is 2.26 bits per heavy atom. The van der Waals surface area contributed by atoms with E-state index in [1.54, 1.807) is 30.1 Å². The molecule has 1 heterocycles. The minimum Gasteiger partial charge on any atom is -0.308 e. The predicted molar refractivity (Wildman–Crippen MR) is 72.6 cm³/mol. The second-order valence-electron chi connectivity index (χ2n) is 4.24. The Bertz CT molecular complexity index is 535. The van der Waals surface area contributed by atoms with E-state index in [1.807, 2.05) is 0 Å². The predicted octanol–water partition coefficient (Wildman–Crippen LogP) is 2.79. The molecule has 0 saturated carbocycles. The van der Waals surface area contributed by atoms with Gasteiger partial charge in [0.05, 0.1) is 17.9 Å². The molecule has 1 aromatic carbocycles. The number of nitrogens with zero attached hydrogens (tertiary/aromatic N) is 3. The second-order valence-corrected chi connectivity index (χ2v) is 4.65. The average molecular weight is 283 g/mol. The maximum atomic E-state index is 14.0.